The first-order valence-corrected chi connectivity index (χ1v) is 11.6. The van der Waals surface area contributed by atoms with Gasteiger partial charge < -0.3 is 15.0 Å². The van der Waals surface area contributed by atoms with Gasteiger partial charge in [-0.05, 0) is 57.5 Å². The first-order valence-electron chi connectivity index (χ1n) is 11.6. The Morgan fingerprint density at radius 3 is 2.34 bits per heavy atom. The van der Waals surface area contributed by atoms with Crippen LogP contribution in [0.1, 0.15) is 31.2 Å². The van der Waals surface area contributed by atoms with Crippen LogP contribution in [-0.4, -0.2) is 68.4 Å². The number of pyridine rings is 1. The lowest BCUT2D eigenvalue weighted by Crippen LogP contribution is -2.54. The van der Waals surface area contributed by atoms with Crippen LogP contribution in [-0.2, 0) is 10.3 Å². The largest absolute Gasteiger partial charge is 0.378 e. The van der Waals surface area contributed by atoms with Crippen molar-refractivity contribution in [3.05, 3.63) is 54.2 Å². The summed E-state index contributed by atoms with van der Waals surface area (Å²) in [4.78, 5) is 24.0. The zero-order valence-corrected chi connectivity index (χ0v) is 19.1. The molecule has 3 fully saturated rings. The number of benzene rings is 1. The van der Waals surface area contributed by atoms with Gasteiger partial charge in [-0.25, -0.2) is 9.78 Å². The number of anilines is 2. The Kier molecular flexibility index (Phi) is 5.55. The van der Waals surface area contributed by atoms with E-state index in [1.165, 1.54) is 5.56 Å². The van der Waals surface area contributed by atoms with E-state index in [2.05, 4.69) is 64.5 Å². The molecule has 7 heteroatoms. The van der Waals surface area contributed by atoms with Crippen molar-refractivity contribution in [2.45, 2.75) is 36.8 Å². The predicted molar refractivity (Wildman–Crippen MR) is 126 cm³/mol. The van der Waals surface area contributed by atoms with E-state index in [0.29, 0.717) is 6.54 Å². The van der Waals surface area contributed by atoms with Gasteiger partial charge in [0.1, 0.15) is 5.82 Å². The number of rotatable bonds is 4. The monoisotopic (exact) mass is 435 g/mol. The van der Waals surface area contributed by atoms with Gasteiger partial charge in [-0.2, -0.15) is 0 Å². The number of hydrogen-bond donors (Lipinski definition) is 1. The second-order valence-corrected chi connectivity index (χ2v) is 9.56. The van der Waals surface area contributed by atoms with Gasteiger partial charge in [-0.1, -0.05) is 30.3 Å². The fourth-order valence-corrected chi connectivity index (χ4v) is 5.60. The van der Waals surface area contributed by atoms with E-state index in [0.717, 1.165) is 63.5 Å². The molecule has 1 saturated carbocycles. The summed E-state index contributed by atoms with van der Waals surface area (Å²) >= 11 is 0. The molecule has 1 aliphatic carbocycles. The lowest BCUT2D eigenvalue weighted by atomic mass is 9.69. The first kappa shape index (κ1) is 21.2. The summed E-state index contributed by atoms with van der Waals surface area (Å²) < 4.78 is 5.43. The molecule has 0 atom stereocenters. The molecule has 32 heavy (non-hydrogen) atoms. The quantitative estimate of drug-likeness (QED) is 0.799. The molecule has 1 N–H and O–H groups in total. The molecule has 2 saturated heterocycles. The van der Waals surface area contributed by atoms with Gasteiger partial charge in [0, 0.05) is 18.6 Å². The third kappa shape index (κ3) is 3.73. The predicted octanol–water partition coefficient (Wildman–Crippen LogP) is 3.22. The third-order valence-corrected chi connectivity index (χ3v) is 7.66. The number of morpholine rings is 1. The number of urea groups is 1. The molecule has 1 aromatic heterocycles. The summed E-state index contributed by atoms with van der Waals surface area (Å²) in [6.07, 6.45) is 5.79. The maximum absolute atomic E-state index is 12.9. The van der Waals surface area contributed by atoms with Gasteiger partial charge in [0.15, 0.2) is 0 Å². The number of carbonyl (C=O) groups is 1. The highest BCUT2D eigenvalue weighted by Crippen LogP contribution is 2.46. The molecule has 1 spiro atoms. The Hall–Kier alpha value is -2.64. The van der Waals surface area contributed by atoms with Crippen LogP contribution >= 0.6 is 0 Å². The van der Waals surface area contributed by atoms with Crippen LogP contribution < -0.4 is 15.1 Å². The molecule has 2 aromatic rings. The molecular formula is C25H33N5O2. The van der Waals surface area contributed by atoms with Crippen molar-refractivity contribution in [1.82, 2.24) is 15.2 Å². The fraction of sp³-hybridized carbons (Fsp3) is 0.520. The van der Waals surface area contributed by atoms with Crippen molar-refractivity contribution in [2.75, 3.05) is 56.7 Å². The zero-order valence-electron chi connectivity index (χ0n) is 19.1. The summed E-state index contributed by atoms with van der Waals surface area (Å²) in [6, 6.07) is 14.8. The maximum Gasteiger partial charge on any atom is 0.322 e. The van der Waals surface area contributed by atoms with Crippen LogP contribution in [0.5, 0.6) is 0 Å². The molecule has 0 bridgehead atoms. The number of ether oxygens (including phenoxy) is 1. The Bertz CT molecular complexity index is 933. The summed E-state index contributed by atoms with van der Waals surface area (Å²) in [5.41, 5.74) is 2.08. The average molecular weight is 436 g/mol. The van der Waals surface area contributed by atoms with Crippen molar-refractivity contribution in [2.24, 2.45) is 0 Å². The number of amides is 2. The van der Waals surface area contributed by atoms with E-state index < -0.39 is 0 Å². The lowest BCUT2D eigenvalue weighted by Gasteiger charge is -2.48. The standard InChI is InChI=1S/C25H33N5O2/c1-28(2)25(20-6-4-3-5-7-20)12-10-24(11-13-25)19-30(23(31)27-24)21-8-9-22(26-18-21)29-14-16-32-17-15-29/h3-9,18H,10-17,19H2,1-2H3,(H,27,31)/t24-,25+. The summed E-state index contributed by atoms with van der Waals surface area (Å²) in [7, 11) is 4.35. The topological polar surface area (TPSA) is 60.9 Å². The molecule has 2 aliphatic heterocycles. The smallest absolute Gasteiger partial charge is 0.322 e. The van der Waals surface area contributed by atoms with Crippen LogP contribution in [0.4, 0.5) is 16.3 Å². The summed E-state index contributed by atoms with van der Waals surface area (Å²) in [6.45, 7) is 3.88. The Balaban J connectivity index is 1.30. The van der Waals surface area contributed by atoms with Crippen LogP contribution in [0.3, 0.4) is 0 Å². The highest BCUT2D eigenvalue weighted by molar-refractivity contribution is 5.95. The lowest BCUT2D eigenvalue weighted by molar-refractivity contribution is 0.0658. The molecule has 2 amide bonds. The van der Waals surface area contributed by atoms with Crippen molar-refractivity contribution in [3.63, 3.8) is 0 Å². The molecule has 170 valence electrons. The molecule has 5 rings (SSSR count). The highest BCUT2D eigenvalue weighted by atomic mass is 16.5. The van der Waals surface area contributed by atoms with E-state index >= 15 is 0 Å². The zero-order chi connectivity index (χ0) is 22.2. The number of aromatic nitrogens is 1. The maximum atomic E-state index is 12.9. The number of nitrogens with zero attached hydrogens (tertiary/aromatic N) is 4. The Morgan fingerprint density at radius 1 is 1.00 bits per heavy atom. The van der Waals surface area contributed by atoms with Crippen LogP contribution in [0.15, 0.2) is 48.7 Å². The Labute approximate surface area is 190 Å². The minimum Gasteiger partial charge on any atom is -0.378 e. The SMILES string of the molecule is CN(C)[C@]1(c2ccccc2)CC[C@]2(CC1)CN(c1ccc(N3CCOCC3)nc1)C(=O)N2. The molecule has 0 unspecified atom stereocenters. The highest BCUT2D eigenvalue weighted by Gasteiger charge is 2.50. The number of carbonyl (C=O) groups excluding carboxylic acids is 1. The minimum absolute atomic E-state index is 0.0111. The van der Waals surface area contributed by atoms with E-state index in [1.807, 2.05) is 23.2 Å². The van der Waals surface area contributed by atoms with Gasteiger partial charge in [-0.15, -0.1) is 0 Å². The minimum atomic E-state index is -0.172. The van der Waals surface area contributed by atoms with Crippen LogP contribution in [0.25, 0.3) is 0 Å². The number of hydrogen-bond acceptors (Lipinski definition) is 5. The van der Waals surface area contributed by atoms with E-state index in [4.69, 9.17) is 4.74 Å². The van der Waals surface area contributed by atoms with Crippen molar-refractivity contribution >= 4 is 17.5 Å². The van der Waals surface area contributed by atoms with Crippen molar-refractivity contribution in [3.8, 4) is 0 Å². The van der Waals surface area contributed by atoms with E-state index in [-0.39, 0.29) is 17.1 Å². The second kappa shape index (κ2) is 8.37. The van der Waals surface area contributed by atoms with Gasteiger partial charge >= 0.3 is 6.03 Å². The van der Waals surface area contributed by atoms with Gasteiger partial charge in [0.25, 0.3) is 0 Å². The third-order valence-electron chi connectivity index (χ3n) is 7.66. The van der Waals surface area contributed by atoms with Crippen molar-refractivity contribution in [1.29, 1.82) is 0 Å². The van der Waals surface area contributed by atoms with Crippen LogP contribution in [0.2, 0.25) is 0 Å². The number of nitrogens with one attached hydrogen (secondary N) is 1. The summed E-state index contributed by atoms with van der Waals surface area (Å²) in [5.74, 6) is 0.947. The fourth-order valence-electron chi connectivity index (χ4n) is 5.60. The molecular weight excluding hydrogens is 402 g/mol. The molecule has 7 nitrogen and oxygen atoms in total. The van der Waals surface area contributed by atoms with Crippen molar-refractivity contribution < 1.29 is 9.53 Å². The van der Waals surface area contributed by atoms with E-state index in [9.17, 15) is 4.79 Å². The Morgan fingerprint density at radius 2 is 1.72 bits per heavy atom. The second-order valence-electron chi connectivity index (χ2n) is 9.56. The van der Waals surface area contributed by atoms with E-state index in [1.54, 1.807) is 0 Å². The normalized spacial score (nSPS) is 28.4. The van der Waals surface area contributed by atoms with Gasteiger partial charge in [0.2, 0.25) is 0 Å². The molecule has 3 aliphatic rings. The molecule has 3 heterocycles. The average Bonchev–Trinajstić information content (AvgIpc) is 3.16. The summed E-state index contributed by atoms with van der Waals surface area (Å²) in [5, 5.41) is 3.34. The van der Waals surface area contributed by atoms with Gasteiger partial charge in [0.05, 0.1) is 37.2 Å². The van der Waals surface area contributed by atoms with Gasteiger partial charge in [-0.3, -0.25) is 9.80 Å². The molecule has 1 aromatic carbocycles. The van der Waals surface area contributed by atoms with Crippen LogP contribution in [0, 0.1) is 0 Å². The molecule has 0 radical (unpaired) electrons. The first-order chi connectivity index (χ1) is 15.5.